The molecule has 4 N–H and O–H groups in total. The minimum absolute atomic E-state index is 0.0830. The average Bonchev–Trinajstić information content (AvgIpc) is 2.73. The molecule has 1 aliphatic carbocycles. The van der Waals surface area contributed by atoms with E-state index < -0.39 is 6.09 Å². The van der Waals surface area contributed by atoms with Crippen LogP contribution in [-0.2, 0) is 17.8 Å². The summed E-state index contributed by atoms with van der Waals surface area (Å²) >= 11 is 12.3. The van der Waals surface area contributed by atoms with E-state index in [-0.39, 0.29) is 12.6 Å². The summed E-state index contributed by atoms with van der Waals surface area (Å²) in [7, 11) is 0. The Balaban J connectivity index is 1.47. The number of benzene rings is 3. The summed E-state index contributed by atoms with van der Waals surface area (Å²) < 4.78 is 5.31. The van der Waals surface area contributed by atoms with Crippen LogP contribution in [0.3, 0.4) is 0 Å². The minimum atomic E-state index is -0.533. The second-order valence-electron chi connectivity index (χ2n) is 7.57. The smallest absolute Gasteiger partial charge is 0.412 e. The summed E-state index contributed by atoms with van der Waals surface area (Å²) in [6.07, 6.45) is 2.36. The molecule has 0 aliphatic heterocycles. The van der Waals surface area contributed by atoms with E-state index >= 15 is 0 Å². The first-order chi connectivity index (χ1) is 15.0. The van der Waals surface area contributed by atoms with Crippen LogP contribution in [0, 0.1) is 0 Å². The number of amides is 1. The molecule has 1 aliphatic rings. The number of rotatable bonds is 5. The molecule has 3 aromatic carbocycles. The Bertz CT molecular complexity index is 1070. The van der Waals surface area contributed by atoms with Crippen LogP contribution in [0.15, 0.2) is 60.7 Å². The third-order valence-corrected chi connectivity index (χ3v) is 5.72. The van der Waals surface area contributed by atoms with Crippen molar-refractivity contribution in [3.63, 3.8) is 0 Å². The zero-order valence-corrected chi connectivity index (χ0v) is 18.3. The van der Waals surface area contributed by atoms with Gasteiger partial charge in [-0.15, -0.1) is 0 Å². The van der Waals surface area contributed by atoms with Gasteiger partial charge in [-0.05, 0) is 66.3 Å². The van der Waals surface area contributed by atoms with E-state index in [1.54, 1.807) is 6.07 Å². The van der Waals surface area contributed by atoms with Crippen molar-refractivity contribution in [1.29, 1.82) is 0 Å². The van der Waals surface area contributed by atoms with Gasteiger partial charge in [0, 0.05) is 15.7 Å². The van der Waals surface area contributed by atoms with E-state index in [1.165, 1.54) is 0 Å². The number of anilines is 3. The van der Waals surface area contributed by atoms with Crippen molar-refractivity contribution in [1.82, 2.24) is 0 Å². The van der Waals surface area contributed by atoms with Gasteiger partial charge in [-0.25, -0.2) is 4.79 Å². The van der Waals surface area contributed by atoms with E-state index in [0.717, 1.165) is 41.6 Å². The molecule has 0 bridgehead atoms. The number of carbonyl (C=O) groups is 1. The minimum Gasteiger partial charge on any atom is -0.444 e. The summed E-state index contributed by atoms with van der Waals surface area (Å²) in [4.78, 5) is 12.2. The lowest BCUT2D eigenvalue weighted by molar-refractivity contribution is 0.155. The van der Waals surface area contributed by atoms with Gasteiger partial charge in [0.15, 0.2) is 0 Å². The van der Waals surface area contributed by atoms with Gasteiger partial charge in [0.1, 0.15) is 6.61 Å². The lowest BCUT2D eigenvalue weighted by Crippen LogP contribution is -2.20. The fourth-order valence-electron chi connectivity index (χ4n) is 3.84. The molecule has 1 atom stereocenters. The van der Waals surface area contributed by atoms with Crippen LogP contribution in [-0.4, -0.2) is 6.09 Å². The molecule has 0 radical (unpaired) electrons. The molecule has 3 aromatic rings. The number of halogens is 2. The Kier molecular flexibility index (Phi) is 6.54. The maximum absolute atomic E-state index is 12.2. The molecule has 0 fully saturated rings. The summed E-state index contributed by atoms with van der Waals surface area (Å²) in [6.45, 7) is 0.200. The molecular formula is C24H23Cl2N3O2. The standard InChI is InChI=1S/C24H23Cl2N3O2/c25-17-10-18(26)12-19(11-17)28-22-8-4-7-16-9-23(21(27)13-20(16)22)29-24(30)31-14-15-5-2-1-3-6-15/h1-3,5-6,9-13,22,28H,4,7-8,14,27H2,(H,29,30). The number of fused-ring (bicyclic) bond motifs is 1. The normalized spacial score (nSPS) is 15.1. The van der Waals surface area contributed by atoms with E-state index in [9.17, 15) is 4.79 Å². The highest BCUT2D eigenvalue weighted by atomic mass is 35.5. The van der Waals surface area contributed by atoms with Gasteiger partial charge in [0.05, 0.1) is 17.4 Å². The van der Waals surface area contributed by atoms with E-state index in [1.807, 2.05) is 54.6 Å². The van der Waals surface area contributed by atoms with Crippen molar-refractivity contribution in [2.75, 3.05) is 16.4 Å². The molecule has 31 heavy (non-hydrogen) atoms. The first kappa shape index (κ1) is 21.3. The number of ether oxygens (including phenoxy) is 1. The fraction of sp³-hybridized carbons (Fsp3) is 0.208. The topological polar surface area (TPSA) is 76.4 Å². The Labute approximate surface area is 191 Å². The monoisotopic (exact) mass is 455 g/mol. The molecule has 7 heteroatoms. The zero-order valence-electron chi connectivity index (χ0n) is 16.8. The average molecular weight is 456 g/mol. The number of hydrogen-bond donors (Lipinski definition) is 3. The van der Waals surface area contributed by atoms with Gasteiger partial charge in [-0.2, -0.15) is 0 Å². The number of carbonyl (C=O) groups excluding carboxylic acids is 1. The second kappa shape index (κ2) is 9.50. The van der Waals surface area contributed by atoms with Crippen LogP contribution in [0.4, 0.5) is 21.9 Å². The molecule has 0 saturated heterocycles. The van der Waals surface area contributed by atoms with Crippen LogP contribution in [0.5, 0.6) is 0 Å². The SMILES string of the molecule is Nc1cc2c(cc1NC(=O)OCc1ccccc1)CCCC2Nc1cc(Cl)cc(Cl)c1. The summed E-state index contributed by atoms with van der Waals surface area (Å²) in [5.41, 5.74) is 11.4. The Morgan fingerprint density at radius 2 is 1.81 bits per heavy atom. The summed E-state index contributed by atoms with van der Waals surface area (Å²) in [5.74, 6) is 0. The number of nitrogens with one attached hydrogen (secondary N) is 2. The Morgan fingerprint density at radius 1 is 1.06 bits per heavy atom. The van der Waals surface area contributed by atoms with Crippen LogP contribution >= 0.6 is 23.2 Å². The highest BCUT2D eigenvalue weighted by Crippen LogP contribution is 2.37. The highest BCUT2D eigenvalue weighted by molar-refractivity contribution is 6.35. The van der Waals surface area contributed by atoms with E-state index in [0.29, 0.717) is 21.4 Å². The third-order valence-electron chi connectivity index (χ3n) is 5.28. The molecule has 0 aromatic heterocycles. The molecule has 0 heterocycles. The Hall–Kier alpha value is -2.89. The summed E-state index contributed by atoms with van der Waals surface area (Å²) in [6, 6.07) is 18.9. The number of nitrogen functional groups attached to an aromatic ring is 1. The van der Waals surface area contributed by atoms with E-state index in [4.69, 9.17) is 33.7 Å². The van der Waals surface area contributed by atoms with Crippen molar-refractivity contribution in [3.05, 3.63) is 87.4 Å². The lowest BCUT2D eigenvalue weighted by Gasteiger charge is -2.28. The van der Waals surface area contributed by atoms with Gasteiger partial charge in [-0.3, -0.25) is 5.32 Å². The highest BCUT2D eigenvalue weighted by Gasteiger charge is 2.22. The molecule has 4 rings (SSSR count). The number of nitrogens with two attached hydrogens (primary N) is 1. The molecule has 5 nitrogen and oxygen atoms in total. The predicted octanol–water partition coefficient (Wildman–Crippen LogP) is 6.81. The fourth-order valence-corrected chi connectivity index (χ4v) is 4.36. The van der Waals surface area contributed by atoms with Gasteiger partial charge in [0.25, 0.3) is 0 Å². The first-order valence-corrected chi connectivity index (χ1v) is 10.9. The second-order valence-corrected chi connectivity index (χ2v) is 8.45. The van der Waals surface area contributed by atoms with E-state index in [2.05, 4.69) is 10.6 Å². The van der Waals surface area contributed by atoms with Crippen molar-refractivity contribution >= 4 is 46.4 Å². The molecule has 1 amide bonds. The lowest BCUT2D eigenvalue weighted by atomic mass is 9.86. The molecule has 0 saturated carbocycles. The van der Waals surface area contributed by atoms with Crippen molar-refractivity contribution in [2.24, 2.45) is 0 Å². The van der Waals surface area contributed by atoms with Crippen molar-refractivity contribution in [3.8, 4) is 0 Å². The zero-order chi connectivity index (χ0) is 21.8. The maximum Gasteiger partial charge on any atom is 0.412 e. The molecule has 0 spiro atoms. The first-order valence-electron chi connectivity index (χ1n) is 10.1. The molecular weight excluding hydrogens is 433 g/mol. The Morgan fingerprint density at radius 3 is 2.55 bits per heavy atom. The van der Waals surface area contributed by atoms with Crippen LogP contribution in [0.25, 0.3) is 0 Å². The quantitative estimate of drug-likeness (QED) is 0.369. The molecule has 160 valence electrons. The van der Waals surface area contributed by atoms with Crippen molar-refractivity contribution < 1.29 is 9.53 Å². The third kappa shape index (κ3) is 5.43. The predicted molar refractivity (Wildman–Crippen MR) is 127 cm³/mol. The van der Waals surface area contributed by atoms with Crippen LogP contribution < -0.4 is 16.4 Å². The van der Waals surface area contributed by atoms with Crippen LogP contribution in [0.1, 0.15) is 35.6 Å². The maximum atomic E-state index is 12.2. The van der Waals surface area contributed by atoms with Gasteiger partial charge in [0.2, 0.25) is 0 Å². The number of aryl methyl sites for hydroxylation is 1. The van der Waals surface area contributed by atoms with Crippen LogP contribution in [0.2, 0.25) is 10.0 Å². The van der Waals surface area contributed by atoms with Gasteiger partial charge < -0.3 is 15.8 Å². The number of hydrogen-bond acceptors (Lipinski definition) is 4. The molecule has 1 unspecified atom stereocenters. The largest absolute Gasteiger partial charge is 0.444 e. The van der Waals surface area contributed by atoms with Crippen molar-refractivity contribution in [2.45, 2.75) is 31.9 Å². The van der Waals surface area contributed by atoms with Gasteiger partial charge >= 0.3 is 6.09 Å². The van der Waals surface area contributed by atoms with Gasteiger partial charge in [-0.1, -0.05) is 53.5 Å². The summed E-state index contributed by atoms with van der Waals surface area (Å²) in [5, 5.41) is 7.44.